The second kappa shape index (κ2) is 25.1. The van der Waals surface area contributed by atoms with Crippen LogP contribution in [0.4, 0.5) is 22.7 Å². The molecule has 0 amide bonds. The Balaban J connectivity index is 0.000000132. The standard InChI is InChI=1S/C16H21NO2.C15H20N2O2.C14H18N2O2.C14H17NO3.CH4/c1-11-5-7-17(8-6-11)14-9-12-3-4-15(18)13(12)10-16(14)19-2;1-16-5-7-17(8-6-16)13-9-11-3-4-14(18)12(11)10-15(13)19-2;1-18-14-9-11-10(2-3-13(11)17)8-12(14)16-6-4-15-5-7-16;1-17-14-9-11-10(2-3-13(11)16)8-12(14)15-4-6-18-7-5-15;/h9-11H,3-8H2,1-2H3;9-10H,3-8H2,1-2H3;8-9,15H,2-7H2,1H3;8-9H,2-7H2,1H3;1H4. The molecule has 12 rings (SSSR count). The molecule has 4 aliphatic carbocycles. The summed E-state index contributed by atoms with van der Waals surface area (Å²) in [5.74, 6) is 5.11. The van der Waals surface area contributed by atoms with Crippen molar-refractivity contribution in [1.82, 2.24) is 10.2 Å². The van der Waals surface area contributed by atoms with Crippen molar-refractivity contribution in [3.05, 3.63) is 93.0 Å². The average molecular weight is 1030 g/mol. The van der Waals surface area contributed by atoms with E-state index >= 15 is 0 Å². The van der Waals surface area contributed by atoms with Crippen LogP contribution in [0.25, 0.3) is 0 Å². The number of nitrogens with one attached hydrogen (secondary N) is 1. The molecule has 0 saturated carbocycles. The minimum Gasteiger partial charge on any atom is -0.495 e. The van der Waals surface area contributed by atoms with E-state index in [0.29, 0.717) is 25.7 Å². The van der Waals surface area contributed by atoms with E-state index in [1.54, 1.807) is 28.4 Å². The fourth-order valence-electron chi connectivity index (χ4n) is 11.5. The van der Waals surface area contributed by atoms with Crippen LogP contribution in [0.15, 0.2) is 48.5 Å². The second-order valence-corrected chi connectivity index (χ2v) is 20.7. The summed E-state index contributed by atoms with van der Waals surface area (Å²) in [6.45, 7) is 15.9. The molecular formula is C60H80N6O9. The Kier molecular flexibility index (Phi) is 18.4. The summed E-state index contributed by atoms with van der Waals surface area (Å²) in [4.78, 5) is 58.8. The van der Waals surface area contributed by atoms with Gasteiger partial charge < -0.3 is 53.5 Å². The van der Waals surface area contributed by atoms with Crippen LogP contribution < -0.4 is 43.9 Å². The lowest BCUT2D eigenvalue weighted by molar-refractivity contribution is 0.0986. The first kappa shape index (κ1) is 55.1. The van der Waals surface area contributed by atoms with E-state index in [1.807, 2.05) is 24.3 Å². The molecule has 4 aliphatic heterocycles. The summed E-state index contributed by atoms with van der Waals surface area (Å²) in [6, 6.07) is 16.3. The molecule has 4 aromatic carbocycles. The smallest absolute Gasteiger partial charge is 0.163 e. The number of fused-ring (bicyclic) bond motifs is 4. The van der Waals surface area contributed by atoms with Crippen LogP contribution in [-0.4, -0.2) is 155 Å². The van der Waals surface area contributed by atoms with E-state index in [4.69, 9.17) is 23.7 Å². The third-order valence-electron chi connectivity index (χ3n) is 16.1. The van der Waals surface area contributed by atoms with Gasteiger partial charge in [-0.05, 0) is 122 Å². The molecule has 75 heavy (non-hydrogen) atoms. The number of piperazine rings is 2. The van der Waals surface area contributed by atoms with Crippen molar-refractivity contribution in [1.29, 1.82) is 0 Å². The van der Waals surface area contributed by atoms with Crippen molar-refractivity contribution in [3.8, 4) is 23.0 Å². The minimum absolute atomic E-state index is 0. The molecule has 0 atom stereocenters. The normalized spacial score (nSPS) is 19.1. The van der Waals surface area contributed by atoms with Crippen LogP contribution in [0.5, 0.6) is 23.0 Å². The topological polar surface area (TPSA) is 143 Å². The maximum absolute atomic E-state index is 11.8. The van der Waals surface area contributed by atoms with Crippen LogP contribution in [-0.2, 0) is 30.4 Å². The van der Waals surface area contributed by atoms with Gasteiger partial charge in [0.05, 0.1) is 64.4 Å². The van der Waals surface area contributed by atoms with Gasteiger partial charge in [-0.15, -0.1) is 0 Å². The first-order chi connectivity index (χ1) is 36.0. The summed E-state index contributed by atoms with van der Waals surface area (Å²) < 4.78 is 27.3. The van der Waals surface area contributed by atoms with Crippen LogP contribution in [0.2, 0.25) is 0 Å². The molecule has 15 heteroatoms. The Morgan fingerprint density at radius 2 is 0.733 bits per heavy atom. The van der Waals surface area contributed by atoms with E-state index < -0.39 is 0 Å². The van der Waals surface area contributed by atoms with Gasteiger partial charge in [0.1, 0.15) is 23.0 Å². The van der Waals surface area contributed by atoms with Crippen LogP contribution in [0, 0.1) is 5.92 Å². The van der Waals surface area contributed by atoms with Gasteiger partial charge in [0.25, 0.3) is 0 Å². The first-order valence-corrected chi connectivity index (χ1v) is 26.9. The predicted octanol–water partition coefficient (Wildman–Crippen LogP) is 8.17. The summed E-state index contributed by atoms with van der Waals surface area (Å²) >= 11 is 0. The first-order valence-electron chi connectivity index (χ1n) is 26.9. The van der Waals surface area contributed by atoms with E-state index in [9.17, 15) is 19.2 Å². The van der Waals surface area contributed by atoms with E-state index in [1.165, 1.54) is 35.2 Å². The quantitative estimate of drug-likeness (QED) is 0.181. The molecule has 4 aromatic rings. The highest BCUT2D eigenvalue weighted by atomic mass is 16.5. The van der Waals surface area contributed by atoms with Crippen molar-refractivity contribution >= 4 is 45.9 Å². The fourth-order valence-corrected chi connectivity index (χ4v) is 11.5. The van der Waals surface area contributed by atoms with Gasteiger partial charge in [0.15, 0.2) is 23.1 Å². The molecule has 8 aliphatic rings. The molecule has 15 nitrogen and oxygen atoms in total. The Bertz CT molecular complexity index is 2510. The molecule has 0 bridgehead atoms. The maximum Gasteiger partial charge on any atom is 0.163 e. The number of carbonyl (C=O) groups excluding carboxylic acids is 4. The number of piperidine rings is 1. The highest BCUT2D eigenvalue weighted by Gasteiger charge is 2.29. The molecule has 0 radical (unpaired) electrons. The van der Waals surface area contributed by atoms with Crippen LogP contribution in [0.1, 0.15) is 117 Å². The lowest BCUT2D eigenvalue weighted by atomic mass is 9.98. The third kappa shape index (κ3) is 12.4. The van der Waals surface area contributed by atoms with Crippen LogP contribution >= 0.6 is 0 Å². The van der Waals surface area contributed by atoms with Crippen molar-refractivity contribution in [2.75, 3.05) is 147 Å². The molecular weight excluding hydrogens is 949 g/mol. The number of Topliss-reactive ketones (excluding diaryl/α,β-unsaturated/α-hetero) is 4. The molecule has 404 valence electrons. The highest BCUT2D eigenvalue weighted by molar-refractivity contribution is 6.03. The number of ketones is 4. The fraction of sp³-hybridized carbons (Fsp3) is 0.533. The number of hydrogen-bond acceptors (Lipinski definition) is 15. The second-order valence-electron chi connectivity index (χ2n) is 20.7. The van der Waals surface area contributed by atoms with E-state index in [2.05, 4.69) is 68.1 Å². The zero-order valence-corrected chi connectivity index (χ0v) is 44.6. The van der Waals surface area contributed by atoms with Crippen molar-refractivity contribution in [2.24, 2.45) is 5.92 Å². The Morgan fingerprint density at radius 3 is 1.07 bits per heavy atom. The number of benzene rings is 4. The molecule has 1 N–H and O–H groups in total. The number of hydrogen-bond donors (Lipinski definition) is 1. The lowest BCUT2D eigenvalue weighted by Crippen LogP contribution is -2.44. The van der Waals surface area contributed by atoms with E-state index in [0.717, 1.165) is 191 Å². The average Bonchev–Trinajstić information content (AvgIpc) is 4.22. The van der Waals surface area contributed by atoms with E-state index in [-0.39, 0.29) is 30.6 Å². The van der Waals surface area contributed by atoms with Crippen LogP contribution in [0.3, 0.4) is 0 Å². The number of methoxy groups -OCH3 is 4. The number of anilines is 4. The predicted molar refractivity (Wildman–Crippen MR) is 298 cm³/mol. The number of aryl methyl sites for hydroxylation is 4. The van der Waals surface area contributed by atoms with Gasteiger partial charge in [-0.1, -0.05) is 14.4 Å². The molecule has 0 spiro atoms. The molecule has 4 heterocycles. The third-order valence-corrected chi connectivity index (χ3v) is 16.1. The summed E-state index contributed by atoms with van der Waals surface area (Å²) in [5, 5.41) is 3.34. The number of nitrogens with zero attached hydrogens (tertiary/aromatic N) is 5. The van der Waals surface area contributed by atoms with Crippen molar-refractivity contribution < 1.29 is 42.9 Å². The zero-order valence-electron chi connectivity index (χ0n) is 44.6. The zero-order chi connectivity index (χ0) is 51.9. The van der Waals surface area contributed by atoms with Gasteiger partial charge in [-0.2, -0.15) is 0 Å². The van der Waals surface area contributed by atoms with Gasteiger partial charge in [0, 0.05) is 126 Å². The highest BCUT2D eigenvalue weighted by Crippen LogP contribution is 2.40. The molecule has 4 saturated heterocycles. The number of rotatable bonds is 8. The molecule has 0 aromatic heterocycles. The largest absolute Gasteiger partial charge is 0.495 e. The van der Waals surface area contributed by atoms with Crippen molar-refractivity contribution in [3.63, 3.8) is 0 Å². The van der Waals surface area contributed by atoms with Gasteiger partial charge >= 0.3 is 0 Å². The Hall–Kier alpha value is -6.16. The monoisotopic (exact) mass is 1030 g/mol. The molecule has 4 fully saturated rings. The number of ether oxygens (including phenoxy) is 5. The summed E-state index contributed by atoms with van der Waals surface area (Å²) in [5.41, 5.74) is 12.7. The number of morpholine rings is 1. The SMILES string of the molecule is C.COc1cc2c(cc1N1CCC(C)CC1)CCC2=O.COc1cc2c(cc1N1CCN(C)CC1)CCC2=O.COc1cc2c(cc1N1CCNCC1)CCC2=O.COc1cc2c(cc1N1CCOCC1)CCC2=O. The lowest BCUT2D eigenvalue weighted by Gasteiger charge is -2.35. The van der Waals surface area contributed by atoms with Crippen molar-refractivity contribution in [2.45, 2.75) is 78.6 Å². The summed E-state index contributed by atoms with van der Waals surface area (Å²) in [7, 11) is 8.85. The Morgan fingerprint density at radius 1 is 0.427 bits per heavy atom. The maximum atomic E-state index is 11.8. The van der Waals surface area contributed by atoms with Gasteiger partial charge in [-0.25, -0.2) is 0 Å². The minimum atomic E-state index is 0. The number of carbonyl (C=O) groups is 4. The number of likely N-dealkylation sites (N-methyl/N-ethyl adjacent to an activating group) is 1. The molecule has 0 unspecified atom stereocenters. The van der Waals surface area contributed by atoms with Gasteiger partial charge in [-0.3, -0.25) is 19.2 Å². The van der Waals surface area contributed by atoms with Gasteiger partial charge in [0.2, 0.25) is 0 Å². The summed E-state index contributed by atoms with van der Waals surface area (Å²) in [6.07, 6.45) is 8.53. The Labute approximate surface area is 444 Å².